The highest BCUT2D eigenvalue weighted by molar-refractivity contribution is 6.30. The predicted molar refractivity (Wildman–Crippen MR) is 122 cm³/mol. The van der Waals surface area contributed by atoms with Crippen molar-refractivity contribution in [2.24, 2.45) is 7.05 Å². The predicted octanol–water partition coefficient (Wildman–Crippen LogP) is 2.04. The van der Waals surface area contributed by atoms with Crippen LogP contribution >= 0.6 is 11.6 Å². The summed E-state index contributed by atoms with van der Waals surface area (Å²) in [6, 6.07) is 4.29. The molecule has 0 radical (unpaired) electrons. The Balaban J connectivity index is 1.84. The smallest absolute Gasteiger partial charge is 0.332 e. The number of aryl methyl sites for hydroxylation is 1. The minimum absolute atomic E-state index is 0.0273. The first kappa shape index (κ1) is 23.2. The zero-order chi connectivity index (χ0) is 23.5. The number of aliphatic hydroxyl groups excluding tert-OH is 1. The van der Waals surface area contributed by atoms with Crippen LogP contribution in [0.1, 0.15) is 37.1 Å². The number of halogens is 2. The van der Waals surface area contributed by atoms with Gasteiger partial charge in [0.25, 0.3) is 5.56 Å². The number of aliphatic hydroxyl groups is 1. The summed E-state index contributed by atoms with van der Waals surface area (Å²) in [5.74, 6) is 5.53. The molecule has 0 atom stereocenters. The summed E-state index contributed by atoms with van der Waals surface area (Å²) in [4.78, 5) is 30.4. The molecule has 2 heterocycles. The maximum atomic E-state index is 14.6. The number of hydrogen-bond acceptors (Lipinski definition) is 5. The highest BCUT2D eigenvalue weighted by atomic mass is 35.5. The molecule has 2 aromatic heterocycles. The molecule has 1 aromatic carbocycles. The lowest BCUT2D eigenvalue weighted by molar-refractivity contribution is 0.0217. The van der Waals surface area contributed by atoms with Gasteiger partial charge in [-0.15, -0.1) is 0 Å². The standard InChI is InChI=1S/C23H24ClFN4O4/c1-27-21-20(22(31)28(23(27)32)10-4-11-30)29(14-15-8-9-16(24)13-18(15)25)19(26-21)7-3-12-33-17-5-2-6-17/h8-9,13,17,30H,2,4-6,10-12,14H2,1H3. The summed E-state index contributed by atoms with van der Waals surface area (Å²) in [7, 11) is 1.51. The van der Waals surface area contributed by atoms with Crippen molar-refractivity contribution in [3.63, 3.8) is 0 Å². The van der Waals surface area contributed by atoms with Crippen LogP contribution in [0.5, 0.6) is 0 Å². The molecule has 1 N–H and O–H groups in total. The molecule has 0 bridgehead atoms. The number of imidazole rings is 1. The third-order valence-electron chi connectivity index (χ3n) is 5.76. The Kier molecular flexibility index (Phi) is 6.98. The fourth-order valence-corrected chi connectivity index (χ4v) is 3.84. The second kappa shape index (κ2) is 9.91. The number of nitrogens with zero attached hydrogens (tertiary/aromatic N) is 4. The number of hydrogen-bond donors (Lipinski definition) is 1. The van der Waals surface area contributed by atoms with Gasteiger partial charge >= 0.3 is 5.69 Å². The van der Waals surface area contributed by atoms with E-state index in [9.17, 15) is 14.0 Å². The van der Waals surface area contributed by atoms with Gasteiger partial charge in [0.1, 0.15) is 12.4 Å². The molecule has 1 saturated carbocycles. The average Bonchev–Trinajstić information content (AvgIpc) is 3.11. The molecule has 33 heavy (non-hydrogen) atoms. The van der Waals surface area contributed by atoms with E-state index in [0.717, 1.165) is 23.8 Å². The van der Waals surface area contributed by atoms with Crippen molar-refractivity contribution < 1.29 is 14.2 Å². The Morgan fingerprint density at radius 1 is 1.30 bits per heavy atom. The lowest BCUT2D eigenvalue weighted by Gasteiger charge is -2.24. The summed E-state index contributed by atoms with van der Waals surface area (Å²) in [5, 5.41) is 9.41. The maximum Gasteiger partial charge on any atom is 0.332 e. The highest BCUT2D eigenvalue weighted by Gasteiger charge is 2.21. The SMILES string of the molecule is Cn1c(=O)n(CCCO)c(=O)c2c1nc(C#CCOC1CCC1)n2Cc1ccc(Cl)cc1F. The fourth-order valence-electron chi connectivity index (χ4n) is 3.68. The van der Waals surface area contributed by atoms with Gasteiger partial charge in [-0.1, -0.05) is 23.6 Å². The van der Waals surface area contributed by atoms with Crippen LogP contribution < -0.4 is 11.2 Å². The molecule has 0 spiro atoms. The van der Waals surface area contributed by atoms with Crippen LogP contribution in [0.4, 0.5) is 4.39 Å². The first-order valence-corrected chi connectivity index (χ1v) is 11.1. The van der Waals surface area contributed by atoms with Crippen molar-refractivity contribution >= 4 is 22.8 Å². The van der Waals surface area contributed by atoms with Crippen LogP contribution in [0, 0.1) is 17.7 Å². The second-order valence-electron chi connectivity index (χ2n) is 7.97. The Labute approximate surface area is 194 Å². The number of rotatable bonds is 7. The summed E-state index contributed by atoms with van der Waals surface area (Å²) in [5.41, 5.74) is -0.529. The van der Waals surface area contributed by atoms with E-state index in [2.05, 4.69) is 16.8 Å². The molecule has 4 rings (SSSR count). The molecule has 3 aromatic rings. The van der Waals surface area contributed by atoms with Crippen LogP contribution in [0.15, 0.2) is 27.8 Å². The Morgan fingerprint density at radius 3 is 2.76 bits per heavy atom. The third kappa shape index (κ3) is 4.74. The van der Waals surface area contributed by atoms with Crippen molar-refractivity contribution in [1.82, 2.24) is 18.7 Å². The molecule has 1 aliphatic carbocycles. The van der Waals surface area contributed by atoms with E-state index in [4.69, 9.17) is 21.4 Å². The molecule has 0 unspecified atom stereocenters. The van der Waals surface area contributed by atoms with Crippen LogP contribution in [-0.4, -0.2) is 43.1 Å². The van der Waals surface area contributed by atoms with Gasteiger partial charge in [-0.2, -0.15) is 0 Å². The van der Waals surface area contributed by atoms with Crippen LogP contribution in [0.25, 0.3) is 11.2 Å². The summed E-state index contributed by atoms with van der Waals surface area (Å²) in [6.07, 6.45) is 3.65. The van der Waals surface area contributed by atoms with Crippen LogP contribution in [0.2, 0.25) is 5.02 Å². The molecule has 0 saturated heterocycles. The number of benzene rings is 1. The van der Waals surface area contributed by atoms with E-state index in [1.54, 1.807) is 6.07 Å². The van der Waals surface area contributed by atoms with E-state index in [-0.39, 0.29) is 60.8 Å². The molecule has 1 fully saturated rings. The molecule has 8 nitrogen and oxygen atoms in total. The van der Waals surface area contributed by atoms with Crippen molar-refractivity contribution in [3.8, 4) is 11.8 Å². The van der Waals surface area contributed by atoms with Gasteiger partial charge in [0.05, 0.1) is 12.6 Å². The number of fused-ring (bicyclic) bond motifs is 1. The van der Waals surface area contributed by atoms with Crippen molar-refractivity contribution in [3.05, 3.63) is 61.3 Å². The molecular weight excluding hydrogens is 451 g/mol. The first-order valence-electron chi connectivity index (χ1n) is 10.8. The molecule has 1 aliphatic rings. The largest absolute Gasteiger partial charge is 0.396 e. The molecule has 0 amide bonds. The van der Waals surface area contributed by atoms with Gasteiger partial charge in [0.15, 0.2) is 17.0 Å². The molecule has 0 aliphatic heterocycles. The Hall–Kier alpha value is -2.93. The van der Waals surface area contributed by atoms with Gasteiger partial charge in [0.2, 0.25) is 0 Å². The van der Waals surface area contributed by atoms with Gasteiger partial charge in [-0.05, 0) is 43.7 Å². The fraction of sp³-hybridized carbons (Fsp3) is 0.435. The Morgan fingerprint density at radius 2 is 2.09 bits per heavy atom. The lowest BCUT2D eigenvalue weighted by atomic mass is 9.96. The van der Waals surface area contributed by atoms with E-state index >= 15 is 0 Å². The van der Waals surface area contributed by atoms with Crippen LogP contribution in [0.3, 0.4) is 0 Å². The van der Waals surface area contributed by atoms with Crippen molar-refractivity contribution in [2.45, 2.75) is 44.9 Å². The minimum Gasteiger partial charge on any atom is -0.396 e. The summed E-state index contributed by atoms with van der Waals surface area (Å²) >= 11 is 5.88. The zero-order valence-electron chi connectivity index (χ0n) is 18.2. The third-order valence-corrected chi connectivity index (χ3v) is 5.99. The molecule has 10 heteroatoms. The molecule has 174 valence electrons. The average molecular weight is 475 g/mol. The van der Waals surface area contributed by atoms with Gasteiger partial charge < -0.3 is 14.4 Å². The quantitative estimate of drug-likeness (QED) is 0.529. The second-order valence-corrected chi connectivity index (χ2v) is 8.41. The highest BCUT2D eigenvalue weighted by Crippen LogP contribution is 2.21. The van der Waals surface area contributed by atoms with E-state index < -0.39 is 17.1 Å². The number of ether oxygens (including phenoxy) is 1. The normalized spacial score (nSPS) is 13.7. The first-order chi connectivity index (χ1) is 15.9. The van der Waals surface area contributed by atoms with Gasteiger partial charge in [-0.3, -0.25) is 13.9 Å². The van der Waals surface area contributed by atoms with Crippen molar-refractivity contribution in [1.29, 1.82) is 0 Å². The van der Waals surface area contributed by atoms with Gasteiger partial charge in [0, 0.05) is 30.8 Å². The topological polar surface area (TPSA) is 91.3 Å². The van der Waals surface area contributed by atoms with Crippen molar-refractivity contribution in [2.75, 3.05) is 13.2 Å². The summed E-state index contributed by atoms with van der Waals surface area (Å²) in [6.45, 7) is 0.0680. The van der Waals surface area contributed by atoms with E-state index in [0.29, 0.717) is 5.56 Å². The monoisotopic (exact) mass is 474 g/mol. The van der Waals surface area contributed by atoms with E-state index in [1.807, 2.05) is 0 Å². The van der Waals surface area contributed by atoms with Gasteiger partial charge in [-0.25, -0.2) is 14.2 Å². The number of aromatic nitrogens is 4. The lowest BCUT2D eigenvalue weighted by Crippen LogP contribution is -2.40. The molecular formula is C23H24ClFN4O4. The Bertz CT molecular complexity index is 1360. The maximum absolute atomic E-state index is 14.6. The van der Waals surface area contributed by atoms with E-state index in [1.165, 1.54) is 28.3 Å². The zero-order valence-corrected chi connectivity index (χ0v) is 18.9. The summed E-state index contributed by atoms with van der Waals surface area (Å²) < 4.78 is 24.0. The minimum atomic E-state index is -0.567. The van der Waals surface area contributed by atoms with Crippen LogP contribution in [-0.2, 0) is 24.9 Å².